The summed E-state index contributed by atoms with van der Waals surface area (Å²) in [6.07, 6.45) is -0.777. The maximum Gasteiger partial charge on any atom is 0.320 e. The minimum atomic E-state index is -1.77. The van der Waals surface area contributed by atoms with Crippen molar-refractivity contribution in [1.82, 2.24) is 5.32 Å². The largest absolute Gasteiger partial charge is 0.481 e. The lowest BCUT2D eigenvalue weighted by Crippen LogP contribution is -2.37. The number of hydrogen-bond donors (Lipinski definition) is 7. The molecule has 1 aliphatic rings. The van der Waals surface area contributed by atoms with Crippen LogP contribution in [0, 0.1) is 5.92 Å². The lowest BCUT2D eigenvalue weighted by molar-refractivity contribution is -0.155. The molecule has 1 saturated heterocycles. The predicted molar refractivity (Wildman–Crippen MR) is 69.0 cm³/mol. The molecule has 22 heavy (non-hydrogen) atoms. The topological polar surface area (TPSA) is 207 Å². The van der Waals surface area contributed by atoms with Crippen LogP contribution < -0.4 is 11.1 Å². The van der Waals surface area contributed by atoms with Gasteiger partial charge in [0.25, 0.3) is 0 Å². The number of β-amino-alcohol motifs (C(OH)–C–C–N with tert-alkyl or cyclic N) is 1. The molecule has 0 saturated carbocycles. The highest BCUT2D eigenvalue weighted by Crippen LogP contribution is 2.06. The summed E-state index contributed by atoms with van der Waals surface area (Å²) in [5.41, 5.74) is 4.97. The van der Waals surface area contributed by atoms with Gasteiger partial charge < -0.3 is 36.6 Å². The number of aliphatic hydroxyl groups excluding tert-OH is 1. The second-order valence-corrected chi connectivity index (χ2v) is 4.60. The van der Waals surface area contributed by atoms with Gasteiger partial charge in [-0.25, -0.2) is 0 Å². The lowest BCUT2D eigenvalue weighted by Gasteiger charge is -2.09. The maximum absolute atomic E-state index is 10.3. The summed E-state index contributed by atoms with van der Waals surface area (Å²) in [5.74, 6) is -7.27. The van der Waals surface area contributed by atoms with Gasteiger partial charge in [-0.15, -0.1) is 0 Å². The molecule has 0 radical (unpaired) electrons. The van der Waals surface area contributed by atoms with Gasteiger partial charge in [-0.3, -0.25) is 19.2 Å². The lowest BCUT2D eigenvalue weighted by atomic mass is 10.0. The van der Waals surface area contributed by atoms with Crippen LogP contribution in [0.2, 0.25) is 0 Å². The first-order chi connectivity index (χ1) is 10.1. The van der Waals surface area contributed by atoms with Gasteiger partial charge in [0.05, 0.1) is 6.10 Å². The average molecular weight is 322 g/mol. The highest BCUT2D eigenvalue weighted by atomic mass is 16.4. The molecule has 8 N–H and O–H groups in total. The summed E-state index contributed by atoms with van der Waals surface area (Å²) in [6.45, 7) is 0.400. The predicted octanol–water partition coefficient (Wildman–Crippen LogP) is -2.63. The van der Waals surface area contributed by atoms with E-state index in [1.807, 2.05) is 0 Å². The van der Waals surface area contributed by atoms with E-state index >= 15 is 0 Å². The van der Waals surface area contributed by atoms with E-state index in [0.717, 1.165) is 0 Å². The zero-order valence-corrected chi connectivity index (χ0v) is 11.4. The fourth-order valence-electron chi connectivity index (χ4n) is 1.57. The molecule has 11 heteroatoms. The van der Waals surface area contributed by atoms with Crippen LogP contribution in [-0.4, -0.2) is 74.1 Å². The van der Waals surface area contributed by atoms with E-state index in [-0.39, 0.29) is 0 Å². The number of nitrogens with one attached hydrogen (secondary N) is 1. The molecule has 0 aliphatic carbocycles. The third-order valence-electron chi connectivity index (χ3n) is 2.81. The number of aliphatic hydroxyl groups is 1. The fraction of sp³-hybridized carbons (Fsp3) is 0.636. The summed E-state index contributed by atoms with van der Waals surface area (Å²) in [7, 11) is 0. The Kier molecular flexibility index (Phi) is 8.01. The average Bonchev–Trinajstić information content (AvgIpc) is 2.82. The quantitative estimate of drug-likeness (QED) is 0.251. The fourth-order valence-corrected chi connectivity index (χ4v) is 1.57. The molecule has 1 fully saturated rings. The van der Waals surface area contributed by atoms with E-state index in [4.69, 9.17) is 31.3 Å². The number of nitrogens with two attached hydrogens (primary N) is 1. The van der Waals surface area contributed by atoms with E-state index in [1.54, 1.807) is 0 Å². The Morgan fingerprint density at radius 2 is 1.55 bits per heavy atom. The standard InChI is InChI=1S/C6H9NO6.C5H9NO3/c7-3(6(12)13)1-2(4(8)9)5(10)11;7-3-1-4(5(8)9)6-2-3/h2-3H,1,7H2,(H,8,9)(H,10,11)(H,12,13);3-4,6-7H,1-2H2,(H,8,9)/t3-;3?,4-/m00/s1. The molecule has 1 heterocycles. The normalized spacial score (nSPS) is 21.6. The molecular formula is C11H18N2O9. The van der Waals surface area contributed by atoms with Crippen LogP contribution in [0.15, 0.2) is 0 Å². The Bertz CT molecular complexity index is 425. The van der Waals surface area contributed by atoms with E-state index < -0.39 is 54.4 Å². The van der Waals surface area contributed by atoms with Gasteiger partial charge in [-0.1, -0.05) is 0 Å². The molecule has 3 atom stereocenters. The first-order valence-electron chi connectivity index (χ1n) is 6.14. The minimum absolute atomic E-state index is 0.329. The summed E-state index contributed by atoms with van der Waals surface area (Å²) in [6, 6.07) is -2.02. The number of carboxylic acid groups (broad SMARTS) is 4. The minimum Gasteiger partial charge on any atom is -0.481 e. The smallest absolute Gasteiger partial charge is 0.320 e. The van der Waals surface area contributed by atoms with Crippen molar-refractivity contribution in [2.24, 2.45) is 11.7 Å². The van der Waals surface area contributed by atoms with E-state index in [9.17, 15) is 19.2 Å². The number of hydrogen-bond acceptors (Lipinski definition) is 7. The monoisotopic (exact) mass is 322 g/mol. The maximum atomic E-state index is 10.3. The third-order valence-corrected chi connectivity index (χ3v) is 2.81. The Labute approximate surface area is 124 Å². The SMILES string of the molecule is N[C@@H](CC(C(=O)O)C(=O)O)C(=O)O.O=C(O)[C@@H]1CC(O)CN1. The summed E-state index contributed by atoms with van der Waals surface area (Å²) in [4.78, 5) is 40.9. The van der Waals surface area contributed by atoms with Crippen LogP contribution in [0.1, 0.15) is 12.8 Å². The van der Waals surface area contributed by atoms with Crippen molar-refractivity contribution in [3.8, 4) is 0 Å². The molecular weight excluding hydrogens is 304 g/mol. The van der Waals surface area contributed by atoms with Gasteiger partial charge >= 0.3 is 23.9 Å². The van der Waals surface area contributed by atoms with Crippen molar-refractivity contribution in [3.05, 3.63) is 0 Å². The zero-order chi connectivity index (χ0) is 17.4. The van der Waals surface area contributed by atoms with Crippen LogP contribution >= 0.6 is 0 Å². The first kappa shape index (κ1) is 19.8. The highest BCUT2D eigenvalue weighted by Gasteiger charge is 2.30. The van der Waals surface area contributed by atoms with Crippen molar-refractivity contribution in [1.29, 1.82) is 0 Å². The molecule has 0 amide bonds. The Balaban J connectivity index is 0.000000425. The third kappa shape index (κ3) is 6.97. The van der Waals surface area contributed by atoms with E-state index in [2.05, 4.69) is 5.32 Å². The van der Waals surface area contributed by atoms with Gasteiger partial charge in [0.2, 0.25) is 0 Å². The molecule has 0 spiro atoms. The van der Waals surface area contributed by atoms with Crippen molar-refractivity contribution in [2.75, 3.05) is 6.54 Å². The van der Waals surface area contributed by atoms with Gasteiger partial charge in [0.1, 0.15) is 12.1 Å². The summed E-state index contributed by atoms with van der Waals surface area (Å²) in [5, 5.41) is 44.8. The molecule has 1 aliphatic heterocycles. The molecule has 0 aromatic rings. The molecule has 126 valence electrons. The summed E-state index contributed by atoms with van der Waals surface area (Å²) >= 11 is 0. The number of carboxylic acids is 4. The summed E-state index contributed by atoms with van der Waals surface area (Å²) < 4.78 is 0. The van der Waals surface area contributed by atoms with Crippen molar-refractivity contribution < 1.29 is 44.7 Å². The van der Waals surface area contributed by atoms with E-state index in [1.165, 1.54) is 0 Å². The zero-order valence-electron chi connectivity index (χ0n) is 11.4. The van der Waals surface area contributed by atoms with Crippen LogP contribution in [-0.2, 0) is 19.2 Å². The molecule has 0 aromatic carbocycles. The Hall–Kier alpha value is -2.24. The molecule has 1 unspecified atom stereocenters. The highest BCUT2D eigenvalue weighted by molar-refractivity contribution is 5.93. The molecule has 11 nitrogen and oxygen atoms in total. The van der Waals surface area contributed by atoms with Gasteiger partial charge in [-0.2, -0.15) is 0 Å². The van der Waals surface area contributed by atoms with Gasteiger partial charge in [-0.05, 0) is 6.42 Å². The number of rotatable bonds is 6. The van der Waals surface area contributed by atoms with Crippen LogP contribution in [0.25, 0.3) is 0 Å². The second kappa shape index (κ2) is 8.92. The van der Waals surface area contributed by atoms with Gasteiger partial charge in [0, 0.05) is 13.0 Å². The first-order valence-corrected chi connectivity index (χ1v) is 6.14. The van der Waals surface area contributed by atoms with Crippen LogP contribution in [0.5, 0.6) is 0 Å². The Morgan fingerprint density at radius 1 is 1.05 bits per heavy atom. The van der Waals surface area contributed by atoms with Crippen molar-refractivity contribution >= 4 is 23.9 Å². The number of aliphatic carboxylic acids is 4. The van der Waals surface area contributed by atoms with Crippen molar-refractivity contribution in [2.45, 2.75) is 31.0 Å². The van der Waals surface area contributed by atoms with Gasteiger partial charge in [0.15, 0.2) is 5.92 Å². The van der Waals surface area contributed by atoms with Crippen LogP contribution in [0.3, 0.4) is 0 Å². The van der Waals surface area contributed by atoms with Crippen molar-refractivity contribution in [3.63, 3.8) is 0 Å². The molecule has 0 aromatic heterocycles. The van der Waals surface area contributed by atoms with E-state index in [0.29, 0.717) is 13.0 Å². The second-order valence-electron chi connectivity index (χ2n) is 4.60. The molecule has 0 bridgehead atoms. The Morgan fingerprint density at radius 3 is 1.77 bits per heavy atom. The van der Waals surface area contributed by atoms with Crippen LogP contribution in [0.4, 0.5) is 0 Å². The molecule has 1 rings (SSSR count). The number of carbonyl (C=O) groups is 4.